The first kappa shape index (κ1) is 13.7. The van der Waals surface area contributed by atoms with Gasteiger partial charge in [-0.2, -0.15) is 0 Å². The van der Waals surface area contributed by atoms with Crippen LogP contribution in [0.3, 0.4) is 0 Å². The van der Waals surface area contributed by atoms with Crippen molar-refractivity contribution in [3.63, 3.8) is 0 Å². The second-order valence-electron chi connectivity index (χ2n) is 4.53. The quantitative estimate of drug-likeness (QED) is 0.739. The van der Waals surface area contributed by atoms with E-state index in [4.69, 9.17) is 10.5 Å². The molecule has 0 saturated heterocycles. The molecular formula is C12H22N4O. The highest BCUT2D eigenvalue weighted by atomic mass is 16.5. The largest absolute Gasteiger partial charge is 0.383 e. The highest BCUT2D eigenvalue weighted by molar-refractivity contribution is 5.54. The van der Waals surface area contributed by atoms with E-state index in [-0.39, 0.29) is 0 Å². The van der Waals surface area contributed by atoms with Gasteiger partial charge < -0.3 is 15.8 Å². The van der Waals surface area contributed by atoms with Crippen LogP contribution in [0.25, 0.3) is 0 Å². The number of nitrogen functional groups attached to an aromatic ring is 1. The van der Waals surface area contributed by atoms with Crippen LogP contribution in [0.1, 0.15) is 25.2 Å². The van der Waals surface area contributed by atoms with Crippen LogP contribution in [0.4, 0.5) is 11.6 Å². The van der Waals surface area contributed by atoms with Crippen LogP contribution in [0.2, 0.25) is 0 Å². The van der Waals surface area contributed by atoms with E-state index >= 15 is 0 Å². The number of hydrogen-bond donors (Lipinski definition) is 2. The lowest BCUT2D eigenvalue weighted by molar-refractivity contribution is 0.118. The number of aryl methyl sites for hydroxylation is 1. The van der Waals surface area contributed by atoms with Crippen molar-refractivity contribution in [2.75, 3.05) is 30.8 Å². The molecule has 17 heavy (non-hydrogen) atoms. The van der Waals surface area contributed by atoms with Crippen LogP contribution in [0, 0.1) is 19.8 Å². The van der Waals surface area contributed by atoms with Gasteiger partial charge >= 0.3 is 0 Å². The number of hydrogen-bond acceptors (Lipinski definition) is 5. The molecule has 5 nitrogen and oxygen atoms in total. The van der Waals surface area contributed by atoms with E-state index < -0.39 is 0 Å². The van der Waals surface area contributed by atoms with Crippen molar-refractivity contribution >= 4 is 11.6 Å². The topological polar surface area (TPSA) is 73.1 Å². The van der Waals surface area contributed by atoms with Gasteiger partial charge in [0.2, 0.25) is 0 Å². The molecule has 0 aliphatic heterocycles. The van der Waals surface area contributed by atoms with Crippen molar-refractivity contribution in [3.05, 3.63) is 11.4 Å². The standard InChI is InChI=1S/C12H22N4O/c1-8(2)7-17-6-5-14-12-9(3)11(13)15-10(4)16-12/h8H,5-7H2,1-4H3,(H3,13,14,15,16). The molecule has 0 bridgehead atoms. The summed E-state index contributed by atoms with van der Waals surface area (Å²) in [6.45, 7) is 10.2. The predicted molar refractivity (Wildman–Crippen MR) is 70.1 cm³/mol. The minimum Gasteiger partial charge on any atom is -0.383 e. The molecule has 0 spiro atoms. The molecule has 0 aliphatic rings. The molecule has 0 aromatic carbocycles. The maximum atomic E-state index is 5.77. The third-order valence-corrected chi connectivity index (χ3v) is 2.29. The second kappa shape index (κ2) is 6.39. The molecule has 1 heterocycles. The van der Waals surface area contributed by atoms with Gasteiger partial charge in [0.1, 0.15) is 17.5 Å². The molecule has 0 unspecified atom stereocenters. The van der Waals surface area contributed by atoms with Gasteiger partial charge in [-0.25, -0.2) is 9.97 Å². The van der Waals surface area contributed by atoms with Gasteiger partial charge in [-0.15, -0.1) is 0 Å². The van der Waals surface area contributed by atoms with Crippen LogP contribution < -0.4 is 11.1 Å². The van der Waals surface area contributed by atoms with E-state index in [1.807, 2.05) is 13.8 Å². The summed E-state index contributed by atoms with van der Waals surface area (Å²) in [6.07, 6.45) is 0. The number of ether oxygens (including phenoxy) is 1. The smallest absolute Gasteiger partial charge is 0.134 e. The Kier molecular flexibility index (Phi) is 5.15. The summed E-state index contributed by atoms with van der Waals surface area (Å²) >= 11 is 0. The zero-order valence-electron chi connectivity index (χ0n) is 11.1. The fourth-order valence-corrected chi connectivity index (χ4v) is 1.38. The van der Waals surface area contributed by atoms with Crippen LogP contribution >= 0.6 is 0 Å². The van der Waals surface area contributed by atoms with Gasteiger partial charge in [0.05, 0.1) is 6.61 Å². The Labute approximate surface area is 103 Å². The first-order valence-electron chi connectivity index (χ1n) is 5.93. The molecule has 1 aromatic heterocycles. The zero-order chi connectivity index (χ0) is 12.8. The Bertz CT molecular complexity index is 366. The molecule has 0 aliphatic carbocycles. The van der Waals surface area contributed by atoms with E-state index in [0.29, 0.717) is 24.2 Å². The Morgan fingerprint density at radius 3 is 2.65 bits per heavy atom. The third kappa shape index (κ3) is 4.56. The number of nitrogens with two attached hydrogens (primary N) is 1. The Morgan fingerprint density at radius 2 is 2.00 bits per heavy atom. The van der Waals surface area contributed by atoms with Crippen molar-refractivity contribution in [3.8, 4) is 0 Å². The van der Waals surface area contributed by atoms with Crippen LogP contribution in [-0.2, 0) is 4.74 Å². The molecule has 0 fully saturated rings. The average molecular weight is 238 g/mol. The van der Waals surface area contributed by atoms with E-state index in [9.17, 15) is 0 Å². The van der Waals surface area contributed by atoms with Crippen molar-refractivity contribution in [1.29, 1.82) is 0 Å². The fourth-order valence-electron chi connectivity index (χ4n) is 1.38. The summed E-state index contributed by atoms with van der Waals surface area (Å²) in [5.41, 5.74) is 6.66. The van der Waals surface area contributed by atoms with Crippen molar-refractivity contribution < 1.29 is 4.74 Å². The van der Waals surface area contributed by atoms with E-state index in [2.05, 4.69) is 29.1 Å². The molecule has 96 valence electrons. The lowest BCUT2D eigenvalue weighted by atomic mass is 10.2. The van der Waals surface area contributed by atoms with Gasteiger partial charge in [0.25, 0.3) is 0 Å². The molecule has 0 saturated carbocycles. The van der Waals surface area contributed by atoms with E-state index in [1.165, 1.54) is 0 Å². The van der Waals surface area contributed by atoms with Crippen molar-refractivity contribution in [2.24, 2.45) is 5.92 Å². The lowest BCUT2D eigenvalue weighted by Crippen LogP contribution is -2.14. The van der Waals surface area contributed by atoms with Gasteiger partial charge in [0.15, 0.2) is 0 Å². The van der Waals surface area contributed by atoms with Gasteiger partial charge in [-0.3, -0.25) is 0 Å². The highest BCUT2D eigenvalue weighted by Gasteiger charge is 2.05. The Morgan fingerprint density at radius 1 is 1.29 bits per heavy atom. The number of anilines is 2. The summed E-state index contributed by atoms with van der Waals surface area (Å²) in [5.74, 6) is 2.57. The van der Waals surface area contributed by atoms with Gasteiger partial charge in [-0.05, 0) is 19.8 Å². The predicted octanol–water partition coefficient (Wildman–Crippen LogP) is 1.76. The van der Waals surface area contributed by atoms with Gasteiger partial charge in [0, 0.05) is 18.7 Å². The number of nitrogens with zero attached hydrogens (tertiary/aromatic N) is 2. The maximum absolute atomic E-state index is 5.77. The molecule has 3 N–H and O–H groups in total. The molecule has 0 atom stereocenters. The monoisotopic (exact) mass is 238 g/mol. The number of nitrogens with one attached hydrogen (secondary N) is 1. The molecule has 1 rings (SSSR count). The summed E-state index contributed by atoms with van der Waals surface area (Å²) < 4.78 is 5.48. The first-order valence-corrected chi connectivity index (χ1v) is 5.93. The molecule has 5 heteroatoms. The third-order valence-electron chi connectivity index (χ3n) is 2.29. The van der Waals surface area contributed by atoms with Crippen LogP contribution in [0.15, 0.2) is 0 Å². The highest BCUT2D eigenvalue weighted by Crippen LogP contribution is 2.16. The minimum absolute atomic E-state index is 0.531. The van der Waals surface area contributed by atoms with Crippen LogP contribution in [-0.4, -0.2) is 29.7 Å². The van der Waals surface area contributed by atoms with Crippen molar-refractivity contribution in [1.82, 2.24) is 9.97 Å². The normalized spacial score (nSPS) is 10.9. The number of aromatic nitrogens is 2. The number of rotatable bonds is 6. The zero-order valence-corrected chi connectivity index (χ0v) is 11.1. The molecule has 0 amide bonds. The first-order chi connectivity index (χ1) is 8.00. The van der Waals surface area contributed by atoms with Crippen LogP contribution in [0.5, 0.6) is 0 Å². The lowest BCUT2D eigenvalue weighted by Gasteiger charge is -2.11. The minimum atomic E-state index is 0.531. The summed E-state index contributed by atoms with van der Waals surface area (Å²) in [4.78, 5) is 8.41. The average Bonchev–Trinajstić information content (AvgIpc) is 2.23. The second-order valence-corrected chi connectivity index (χ2v) is 4.53. The van der Waals surface area contributed by atoms with E-state index in [0.717, 1.165) is 24.5 Å². The Hall–Kier alpha value is -1.36. The van der Waals surface area contributed by atoms with Crippen molar-refractivity contribution in [2.45, 2.75) is 27.7 Å². The summed E-state index contributed by atoms with van der Waals surface area (Å²) in [7, 11) is 0. The van der Waals surface area contributed by atoms with E-state index in [1.54, 1.807) is 0 Å². The SMILES string of the molecule is Cc1nc(N)c(C)c(NCCOCC(C)C)n1. The molecule has 1 aromatic rings. The fraction of sp³-hybridized carbons (Fsp3) is 0.667. The molecular weight excluding hydrogens is 216 g/mol. The van der Waals surface area contributed by atoms with Gasteiger partial charge in [-0.1, -0.05) is 13.8 Å². The molecule has 0 radical (unpaired) electrons. The summed E-state index contributed by atoms with van der Waals surface area (Å²) in [5, 5.41) is 3.21. The maximum Gasteiger partial charge on any atom is 0.134 e. The summed E-state index contributed by atoms with van der Waals surface area (Å²) in [6, 6.07) is 0. The Balaban J connectivity index is 2.41.